The topological polar surface area (TPSA) is 53.2 Å². The Morgan fingerprint density at radius 3 is 2.43 bits per heavy atom. The summed E-state index contributed by atoms with van der Waals surface area (Å²) in [5.41, 5.74) is 2.44. The quantitative estimate of drug-likeness (QED) is 0.780. The van der Waals surface area contributed by atoms with Crippen molar-refractivity contribution in [3.05, 3.63) is 58.3 Å². The highest BCUT2D eigenvalue weighted by Crippen LogP contribution is 2.18. The first-order valence-corrected chi connectivity index (χ1v) is 7.14. The van der Waals surface area contributed by atoms with Gasteiger partial charge in [0.15, 0.2) is 0 Å². The molecule has 2 aromatic rings. The van der Waals surface area contributed by atoms with Crippen LogP contribution in [0.15, 0.2) is 46.9 Å². The van der Waals surface area contributed by atoms with Gasteiger partial charge in [0.1, 0.15) is 5.82 Å². The molecule has 21 heavy (non-hydrogen) atoms. The number of hydrogen-bond donors (Lipinski definition) is 3. The van der Waals surface area contributed by atoms with Crippen molar-refractivity contribution in [2.75, 3.05) is 17.7 Å². The van der Waals surface area contributed by atoms with Gasteiger partial charge in [0.25, 0.3) is 0 Å². The van der Waals surface area contributed by atoms with E-state index in [0.717, 1.165) is 11.3 Å². The third-order valence-corrected chi connectivity index (χ3v) is 3.49. The Balaban J connectivity index is 1.94. The Morgan fingerprint density at radius 1 is 1.14 bits per heavy atom. The van der Waals surface area contributed by atoms with Crippen molar-refractivity contribution in [3.63, 3.8) is 0 Å². The van der Waals surface area contributed by atoms with Crippen molar-refractivity contribution in [3.8, 4) is 0 Å². The molecule has 0 aromatic heterocycles. The van der Waals surface area contributed by atoms with Crippen molar-refractivity contribution >= 4 is 33.3 Å². The first-order valence-electron chi connectivity index (χ1n) is 6.35. The molecular weight excluding hydrogens is 337 g/mol. The molecule has 110 valence electrons. The lowest BCUT2D eigenvalue weighted by Crippen LogP contribution is -2.24. The molecule has 2 aromatic carbocycles. The number of benzene rings is 2. The molecule has 0 heterocycles. The third-order valence-electron chi connectivity index (χ3n) is 2.85. The highest BCUT2D eigenvalue weighted by Gasteiger charge is 2.01. The number of nitrogens with one attached hydrogen (secondary N) is 3. The number of carbonyl (C=O) groups excluding carboxylic acids is 1. The summed E-state index contributed by atoms with van der Waals surface area (Å²) in [6.45, 7) is 0.520. The SMILES string of the molecule is CNC(=O)Nc1ccc(NCc2ccc(Br)c(F)c2)cc1. The van der Waals surface area contributed by atoms with Crippen LogP contribution in [-0.4, -0.2) is 13.1 Å². The monoisotopic (exact) mass is 351 g/mol. The Bertz CT molecular complexity index is 631. The molecule has 0 aliphatic carbocycles. The van der Waals surface area contributed by atoms with Gasteiger partial charge in [-0.15, -0.1) is 0 Å². The van der Waals surface area contributed by atoms with E-state index in [1.54, 1.807) is 25.2 Å². The summed E-state index contributed by atoms with van der Waals surface area (Å²) >= 11 is 3.12. The number of carbonyl (C=O) groups is 1. The fourth-order valence-electron chi connectivity index (χ4n) is 1.72. The van der Waals surface area contributed by atoms with Gasteiger partial charge in [0.2, 0.25) is 0 Å². The van der Waals surface area contributed by atoms with Gasteiger partial charge in [0, 0.05) is 25.0 Å². The van der Waals surface area contributed by atoms with Gasteiger partial charge in [-0.1, -0.05) is 6.07 Å². The minimum absolute atomic E-state index is 0.263. The number of hydrogen-bond acceptors (Lipinski definition) is 2. The van der Waals surface area contributed by atoms with Crippen LogP contribution >= 0.6 is 15.9 Å². The zero-order valence-corrected chi connectivity index (χ0v) is 13.0. The summed E-state index contributed by atoms with van der Waals surface area (Å²) in [6, 6.07) is 12.0. The van der Waals surface area contributed by atoms with E-state index in [2.05, 4.69) is 31.9 Å². The van der Waals surface area contributed by atoms with Crippen molar-refractivity contribution in [2.24, 2.45) is 0 Å². The molecule has 2 rings (SSSR count). The van der Waals surface area contributed by atoms with Crippen molar-refractivity contribution in [1.82, 2.24) is 5.32 Å². The predicted molar refractivity (Wildman–Crippen MR) is 85.9 cm³/mol. The number of rotatable bonds is 4. The van der Waals surface area contributed by atoms with Crippen LogP contribution in [0, 0.1) is 5.82 Å². The maximum Gasteiger partial charge on any atom is 0.318 e. The lowest BCUT2D eigenvalue weighted by Gasteiger charge is -2.09. The average molecular weight is 352 g/mol. The van der Waals surface area contributed by atoms with Crippen LogP contribution in [0.3, 0.4) is 0 Å². The van der Waals surface area contributed by atoms with E-state index >= 15 is 0 Å². The summed E-state index contributed by atoms with van der Waals surface area (Å²) in [5.74, 6) is -0.278. The molecule has 0 fully saturated rings. The highest BCUT2D eigenvalue weighted by molar-refractivity contribution is 9.10. The minimum Gasteiger partial charge on any atom is -0.381 e. The molecule has 0 aliphatic heterocycles. The van der Waals surface area contributed by atoms with Crippen LogP contribution in [0.4, 0.5) is 20.6 Å². The van der Waals surface area contributed by atoms with Crippen molar-refractivity contribution in [1.29, 1.82) is 0 Å². The molecule has 6 heteroatoms. The van der Waals surface area contributed by atoms with Crippen molar-refractivity contribution < 1.29 is 9.18 Å². The zero-order valence-electron chi connectivity index (χ0n) is 11.4. The lowest BCUT2D eigenvalue weighted by molar-refractivity contribution is 0.254. The fraction of sp³-hybridized carbons (Fsp3) is 0.133. The van der Waals surface area contributed by atoms with Gasteiger partial charge >= 0.3 is 6.03 Å². The number of urea groups is 1. The molecule has 0 bridgehead atoms. The van der Waals surface area contributed by atoms with E-state index in [4.69, 9.17) is 0 Å². The number of halogens is 2. The average Bonchev–Trinajstić information content (AvgIpc) is 2.50. The smallest absolute Gasteiger partial charge is 0.318 e. The molecule has 0 saturated heterocycles. The van der Waals surface area contributed by atoms with Crippen molar-refractivity contribution in [2.45, 2.75) is 6.54 Å². The first kappa shape index (κ1) is 15.3. The Morgan fingerprint density at radius 2 is 1.81 bits per heavy atom. The maximum absolute atomic E-state index is 13.4. The molecule has 3 N–H and O–H groups in total. The van der Waals surface area contributed by atoms with E-state index in [1.165, 1.54) is 6.07 Å². The second-order valence-electron chi connectivity index (χ2n) is 4.38. The van der Waals surface area contributed by atoms with Gasteiger partial charge in [-0.3, -0.25) is 0 Å². The Hall–Kier alpha value is -2.08. The Kier molecular flexibility index (Phi) is 5.16. The van der Waals surface area contributed by atoms with Gasteiger partial charge in [-0.2, -0.15) is 0 Å². The lowest BCUT2D eigenvalue weighted by atomic mass is 10.2. The molecule has 0 unspecified atom stereocenters. The molecule has 0 atom stereocenters. The van der Waals surface area contributed by atoms with Crippen LogP contribution in [0.25, 0.3) is 0 Å². The van der Waals surface area contributed by atoms with Gasteiger partial charge in [-0.05, 0) is 57.9 Å². The molecular formula is C15H15BrFN3O. The summed E-state index contributed by atoms with van der Waals surface area (Å²) in [7, 11) is 1.56. The van der Waals surface area contributed by atoms with Gasteiger partial charge in [0.05, 0.1) is 4.47 Å². The number of amides is 2. The predicted octanol–water partition coefficient (Wildman–Crippen LogP) is 3.95. The second kappa shape index (κ2) is 7.08. The largest absolute Gasteiger partial charge is 0.381 e. The summed E-state index contributed by atoms with van der Waals surface area (Å²) in [6.07, 6.45) is 0. The third kappa shape index (κ3) is 4.46. The summed E-state index contributed by atoms with van der Waals surface area (Å²) in [4.78, 5) is 11.2. The van der Waals surface area contributed by atoms with Gasteiger partial charge in [-0.25, -0.2) is 9.18 Å². The summed E-state index contributed by atoms with van der Waals surface area (Å²) < 4.78 is 13.8. The molecule has 0 radical (unpaired) electrons. The second-order valence-corrected chi connectivity index (χ2v) is 5.24. The van der Waals surface area contributed by atoms with Crippen LogP contribution in [-0.2, 0) is 6.54 Å². The maximum atomic E-state index is 13.4. The minimum atomic E-state index is -0.278. The standard InChI is InChI=1S/C15H15BrFN3O/c1-18-15(21)20-12-5-3-11(4-6-12)19-9-10-2-7-13(16)14(17)8-10/h2-8,19H,9H2,1H3,(H2,18,20,21). The molecule has 0 spiro atoms. The Labute approximate surface area is 130 Å². The zero-order chi connectivity index (χ0) is 15.2. The van der Waals surface area contributed by atoms with E-state index in [0.29, 0.717) is 16.7 Å². The molecule has 0 saturated carbocycles. The van der Waals surface area contributed by atoms with E-state index in [1.807, 2.05) is 18.2 Å². The van der Waals surface area contributed by atoms with Gasteiger partial charge < -0.3 is 16.0 Å². The molecule has 2 amide bonds. The van der Waals surface area contributed by atoms with E-state index < -0.39 is 0 Å². The van der Waals surface area contributed by atoms with E-state index in [-0.39, 0.29) is 11.8 Å². The molecule has 4 nitrogen and oxygen atoms in total. The van der Waals surface area contributed by atoms with Crippen LogP contribution < -0.4 is 16.0 Å². The number of anilines is 2. The normalized spacial score (nSPS) is 10.0. The van der Waals surface area contributed by atoms with E-state index in [9.17, 15) is 9.18 Å². The fourth-order valence-corrected chi connectivity index (χ4v) is 1.97. The first-order chi connectivity index (χ1) is 10.1. The van der Waals surface area contributed by atoms with Crippen LogP contribution in [0.5, 0.6) is 0 Å². The summed E-state index contributed by atoms with van der Waals surface area (Å²) in [5, 5.41) is 8.35. The van der Waals surface area contributed by atoms with Crippen LogP contribution in [0.1, 0.15) is 5.56 Å². The highest BCUT2D eigenvalue weighted by atomic mass is 79.9. The molecule has 0 aliphatic rings. The van der Waals surface area contributed by atoms with Crippen LogP contribution in [0.2, 0.25) is 0 Å².